The average molecular weight is 436 g/mol. The predicted molar refractivity (Wildman–Crippen MR) is 115 cm³/mol. The maximum Gasteiger partial charge on any atom is 0.244 e. The number of rotatable bonds is 4. The van der Waals surface area contributed by atoms with E-state index in [9.17, 15) is 8.42 Å². The van der Waals surface area contributed by atoms with Gasteiger partial charge < -0.3 is 9.80 Å². The number of halogens is 1. The summed E-state index contributed by atoms with van der Waals surface area (Å²) < 4.78 is 27.4. The maximum atomic E-state index is 13.0. The third-order valence-electron chi connectivity index (χ3n) is 5.48. The molecule has 2 aromatic rings. The zero-order chi connectivity index (χ0) is 20.4. The summed E-state index contributed by atoms with van der Waals surface area (Å²) in [5, 5.41) is 0.257. The van der Waals surface area contributed by atoms with E-state index in [0.717, 1.165) is 30.5 Å². The lowest BCUT2D eigenvalue weighted by atomic mass is 10.1. The highest BCUT2D eigenvalue weighted by Gasteiger charge is 2.30. The fraction of sp³-hybridized carbons (Fsp3) is 0.500. The molecule has 0 spiro atoms. The second-order valence-corrected chi connectivity index (χ2v) is 9.85. The van der Waals surface area contributed by atoms with E-state index in [1.165, 1.54) is 23.6 Å². The Labute approximate surface area is 177 Å². The van der Waals surface area contributed by atoms with Crippen molar-refractivity contribution in [1.82, 2.24) is 14.3 Å². The molecule has 156 valence electrons. The Bertz CT molecular complexity index is 971. The van der Waals surface area contributed by atoms with Gasteiger partial charge in [0.05, 0.1) is 5.02 Å². The summed E-state index contributed by atoms with van der Waals surface area (Å²) in [5.74, 6) is 1.65. The van der Waals surface area contributed by atoms with Gasteiger partial charge in [0.15, 0.2) is 0 Å². The van der Waals surface area contributed by atoms with Crippen molar-refractivity contribution in [2.24, 2.45) is 0 Å². The van der Waals surface area contributed by atoms with Crippen molar-refractivity contribution in [3.63, 3.8) is 0 Å². The normalized spacial score (nSPS) is 18.8. The van der Waals surface area contributed by atoms with Gasteiger partial charge in [0.1, 0.15) is 10.7 Å². The van der Waals surface area contributed by atoms with Crippen LogP contribution in [0.25, 0.3) is 0 Å². The molecule has 29 heavy (non-hydrogen) atoms. The number of aromatic nitrogens is 2. The first-order chi connectivity index (χ1) is 13.9. The second kappa shape index (κ2) is 8.45. The average Bonchev–Trinajstić information content (AvgIpc) is 2.74. The Balaban J connectivity index is 1.48. The molecule has 3 heterocycles. The molecule has 7 nitrogen and oxygen atoms in total. The van der Waals surface area contributed by atoms with Gasteiger partial charge in [-0.1, -0.05) is 23.7 Å². The molecule has 0 unspecified atom stereocenters. The first kappa shape index (κ1) is 20.4. The standard InChI is InChI=1S/C20H26ClN5O2S/c1-16-15-19(23-20(22-16)25-9-5-2-6-10-25)24-11-13-26(14-12-24)29(27,28)18-8-4-3-7-17(18)21/h3-4,7-8,15H,2,5-6,9-14H2,1H3. The van der Waals surface area contributed by atoms with Crippen molar-refractivity contribution in [2.45, 2.75) is 31.1 Å². The van der Waals surface area contributed by atoms with Crippen LogP contribution in [-0.4, -0.2) is 62.0 Å². The minimum absolute atomic E-state index is 0.167. The summed E-state index contributed by atoms with van der Waals surface area (Å²) in [6.45, 7) is 5.93. The van der Waals surface area contributed by atoms with E-state index in [0.29, 0.717) is 26.2 Å². The summed E-state index contributed by atoms with van der Waals surface area (Å²) in [6, 6.07) is 8.57. The van der Waals surface area contributed by atoms with Crippen LogP contribution in [0.5, 0.6) is 0 Å². The molecular weight excluding hydrogens is 410 g/mol. The molecule has 0 amide bonds. The fourth-order valence-corrected chi connectivity index (χ4v) is 5.80. The smallest absolute Gasteiger partial charge is 0.244 e. The van der Waals surface area contributed by atoms with Crippen LogP contribution >= 0.6 is 11.6 Å². The summed E-state index contributed by atoms with van der Waals surface area (Å²) in [6.07, 6.45) is 3.60. The van der Waals surface area contributed by atoms with Crippen LogP contribution in [0.1, 0.15) is 25.0 Å². The summed E-state index contributed by atoms with van der Waals surface area (Å²) in [7, 11) is -3.60. The van der Waals surface area contributed by atoms with Gasteiger partial charge in [-0.15, -0.1) is 0 Å². The first-order valence-corrected chi connectivity index (χ1v) is 11.9. The van der Waals surface area contributed by atoms with Crippen molar-refractivity contribution < 1.29 is 8.42 Å². The molecule has 1 aromatic carbocycles. The largest absolute Gasteiger partial charge is 0.354 e. The number of piperidine rings is 1. The topological polar surface area (TPSA) is 69.6 Å². The van der Waals surface area contributed by atoms with Gasteiger partial charge in [-0.25, -0.2) is 13.4 Å². The maximum absolute atomic E-state index is 13.0. The molecular formula is C20H26ClN5O2S. The van der Waals surface area contributed by atoms with Gasteiger partial charge in [-0.2, -0.15) is 9.29 Å². The van der Waals surface area contributed by atoms with E-state index >= 15 is 0 Å². The molecule has 4 rings (SSSR count). The highest BCUT2D eigenvalue weighted by Crippen LogP contribution is 2.26. The Morgan fingerprint density at radius 2 is 1.59 bits per heavy atom. The van der Waals surface area contributed by atoms with Crippen molar-refractivity contribution in [3.05, 3.63) is 41.0 Å². The Kier molecular flexibility index (Phi) is 5.94. The summed E-state index contributed by atoms with van der Waals surface area (Å²) in [4.78, 5) is 14.0. The van der Waals surface area contributed by atoms with Crippen LogP contribution in [0.4, 0.5) is 11.8 Å². The minimum Gasteiger partial charge on any atom is -0.354 e. The summed E-state index contributed by atoms with van der Waals surface area (Å²) in [5.41, 5.74) is 0.932. The molecule has 2 aliphatic heterocycles. The number of hydrogen-bond donors (Lipinski definition) is 0. The number of sulfonamides is 1. The van der Waals surface area contributed by atoms with E-state index in [-0.39, 0.29) is 9.92 Å². The van der Waals surface area contributed by atoms with E-state index in [1.807, 2.05) is 13.0 Å². The van der Waals surface area contributed by atoms with Crippen LogP contribution < -0.4 is 9.80 Å². The molecule has 1 aromatic heterocycles. The molecule has 0 radical (unpaired) electrons. The number of aryl methyl sites for hydroxylation is 1. The van der Waals surface area contributed by atoms with Gasteiger partial charge >= 0.3 is 0 Å². The molecule has 9 heteroatoms. The molecule has 2 aliphatic rings. The summed E-state index contributed by atoms with van der Waals surface area (Å²) >= 11 is 6.12. The SMILES string of the molecule is Cc1cc(N2CCN(S(=O)(=O)c3ccccc3Cl)CC2)nc(N2CCCCC2)n1. The van der Waals surface area contributed by atoms with Gasteiger partial charge in [-0.3, -0.25) is 0 Å². The molecule has 2 fully saturated rings. The lowest BCUT2D eigenvalue weighted by Gasteiger charge is -2.35. The van der Waals surface area contributed by atoms with E-state index in [1.54, 1.807) is 24.3 Å². The second-order valence-electron chi connectivity index (χ2n) is 7.54. The molecule has 0 bridgehead atoms. The van der Waals surface area contributed by atoms with Crippen molar-refractivity contribution in [3.8, 4) is 0 Å². The first-order valence-electron chi connectivity index (χ1n) is 10.1. The lowest BCUT2D eigenvalue weighted by molar-refractivity contribution is 0.383. The van der Waals surface area contributed by atoms with Crippen LogP contribution in [0.2, 0.25) is 5.02 Å². The monoisotopic (exact) mass is 435 g/mol. The molecule has 0 N–H and O–H groups in total. The van der Waals surface area contributed by atoms with Gasteiger partial charge in [0.25, 0.3) is 0 Å². The molecule has 0 saturated carbocycles. The van der Waals surface area contributed by atoms with Crippen LogP contribution in [0.15, 0.2) is 35.2 Å². The highest BCUT2D eigenvalue weighted by atomic mass is 35.5. The van der Waals surface area contributed by atoms with Crippen LogP contribution in [-0.2, 0) is 10.0 Å². The zero-order valence-corrected chi connectivity index (χ0v) is 18.2. The molecule has 2 saturated heterocycles. The lowest BCUT2D eigenvalue weighted by Crippen LogP contribution is -2.49. The van der Waals surface area contributed by atoms with E-state index in [4.69, 9.17) is 16.6 Å². The van der Waals surface area contributed by atoms with E-state index in [2.05, 4.69) is 14.8 Å². The predicted octanol–water partition coefficient (Wildman–Crippen LogP) is 2.94. The zero-order valence-electron chi connectivity index (χ0n) is 16.6. The highest BCUT2D eigenvalue weighted by molar-refractivity contribution is 7.89. The number of anilines is 2. The van der Waals surface area contributed by atoms with E-state index < -0.39 is 10.0 Å². The Morgan fingerprint density at radius 3 is 2.28 bits per heavy atom. The Hall–Kier alpha value is -1.90. The third-order valence-corrected chi connectivity index (χ3v) is 7.88. The van der Waals surface area contributed by atoms with Gasteiger partial charge in [0, 0.05) is 51.0 Å². The number of nitrogens with zero attached hydrogens (tertiary/aromatic N) is 5. The van der Waals surface area contributed by atoms with Crippen LogP contribution in [0, 0.1) is 6.92 Å². The fourth-order valence-electron chi connectivity index (χ4n) is 3.88. The Morgan fingerprint density at radius 1 is 0.897 bits per heavy atom. The third kappa shape index (κ3) is 4.34. The minimum atomic E-state index is -3.60. The van der Waals surface area contributed by atoms with Crippen molar-refractivity contribution in [1.29, 1.82) is 0 Å². The van der Waals surface area contributed by atoms with Crippen molar-refractivity contribution >= 4 is 33.4 Å². The number of benzene rings is 1. The molecule has 0 atom stereocenters. The number of piperazine rings is 1. The van der Waals surface area contributed by atoms with Gasteiger partial charge in [0.2, 0.25) is 16.0 Å². The number of hydrogen-bond acceptors (Lipinski definition) is 6. The van der Waals surface area contributed by atoms with Crippen LogP contribution in [0.3, 0.4) is 0 Å². The quantitative estimate of drug-likeness (QED) is 0.735. The van der Waals surface area contributed by atoms with Gasteiger partial charge in [-0.05, 0) is 38.3 Å². The van der Waals surface area contributed by atoms with Crippen molar-refractivity contribution in [2.75, 3.05) is 49.1 Å². The molecule has 0 aliphatic carbocycles.